The van der Waals surface area contributed by atoms with Gasteiger partial charge in [0.1, 0.15) is 5.82 Å². The highest BCUT2D eigenvalue weighted by molar-refractivity contribution is 6.30. The third kappa shape index (κ3) is 3.10. The fourth-order valence-corrected chi connectivity index (χ4v) is 4.06. The molecular weight excluding hydrogens is 287 g/mol. The van der Waals surface area contributed by atoms with Crippen molar-refractivity contribution in [3.63, 3.8) is 0 Å². The van der Waals surface area contributed by atoms with Gasteiger partial charge in [-0.1, -0.05) is 37.4 Å². The summed E-state index contributed by atoms with van der Waals surface area (Å²) >= 11 is 5.93. The maximum atomic E-state index is 13.3. The molecule has 21 heavy (non-hydrogen) atoms. The number of halogens is 2. The average Bonchev–Trinajstić information content (AvgIpc) is 2.95. The molecule has 1 aromatic rings. The molecule has 2 nitrogen and oxygen atoms in total. The normalized spacial score (nSPS) is 25.6. The summed E-state index contributed by atoms with van der Waals surface area (Å²) in [7, 11) is 0. The van der Waals surface area contributed by atoms with Gasteiger partial charge >= 0.3 is 0 Å². The van der Waals surface area contributed by atoms with Gasteiger partial charge < -0.3 is 5.32 Å². The van der Waals surface area contributed by atoms with Crippen molar-refractivity contribution in [1.82, 2.24) is 10.2 Å². The summed E-state index contributed by atoms with van der Waals surface area (Å²) in [6.07, 6.45) is 6.33. The second kappa shape index (κ2) is 6.23. The number of rotatable bonds is 3. The van der Waals surface area contributed by atoms with E-state index >= 15 is 0 Å². The number of hydrogen-bond acceptors (Lipinski definition) is 2. The van der Waals surface area contributed by atoms with Crippen LogP contribution in [0.25, 0.3) is 0 Å². The molecule has 2 fully saturated rings. The van der Waals surface area contributed by atoms with Crippen molar-refractivity contribution in [1.29, 1.82) is 0 Å². The van der Waals surface area contributed by atoms with Crippen LogP contribution in [0.1, 0.15) is 44.6 Å². The van der Waals surface area contributed by atoms with Crippen molar-refractivity contribution in [3.05, 3.63) is 34.6 Å². The van der Waals surface area contributed by atoms with Crippen LogP contribution >= 0.6 is 11.6 Å². The minimum atomic E-state index is -0.331. The molecule has 1 spiro atoms. The molecule has 1 N–H and O–H groups in total. The van der Waals surface area contributed by atoms with E-state index in [1.165, 1.54) is 31.7 Å². The van der Waals surface area contributed by atoms with Crippen molar-refractivity contribution in [2.24, 2.45) is 0 Å². The first-order valence-electron chi connectivity index (χ1n) is 8.05. The molecule has 4 heteroatoms. The van der Waals surface area contributed by atoms with E-state index in [1.54, 1.807) is 6.07 Å². The Morgan fingerprint density at radius 3 is 2.81 bits per heavy atom. The van der Waals surface area contributed by atoms with E-state index < -0.39 is 0 Å². The zero-order valence-electron chi connectivity index (χ0n) is 12.7. The van der Waals surface area contributed by atoms with Gasteiger partial charge in [0.25, 0.3) is 0 Å². The Morgan fingerprint density at radius 1 is 1.38 bits per heavy atom. The van der Waals surface area contributed by atoms with Gasteiger partial charge in [0.15, 0.2) is 0 Å². The maximum Gasteiger partial charge on any atom is 0.141 e. The van der Waals surface area contributed by atoms with Crippen molar-refractivity contribution in [2.75, 3.05) is 13.1 Å². The second-order valence-corrected chi connectivity index (χ2v) is 6.95. The fourth-order valence-electron chi connectivity index (χ4n) is 3.86. The Kier molecular flexibility index (Phi) is 4.53. The molecule has 1 saturated carbocycles. The minimum absolute atomic E-state index is 0.232. The zero-order chi connectivity index (χ0) is 14.9. The first-order valence-corrected chi connectivity index (χ1v) is 8.43. The van der Waals surface area contributed by atoms with Crippen LogP contribution in [-0.2, 0) is 6.54 Å². The van der Waals surface area contributed by atoms with E-state index in [2.05, 4.69) is 17.1 Å². The highest BCUT2D eigenvalue weighted by Crippen LogP contribution is 2.38. The van der Waals surface area contributed by atoms with Crippen LogP contribution in [0.5, 0.6) is 0 Å². The van der Waals surface area contributed by atoms with Gasteiger partial charge in [-0.3, -0.25) is 4.90 Å². The Labute approximate surface area is 131 Å². The minimum Gasteiger partial charge on any atom is -0.311 e. The third-order valence-corrected chi connectivity index (χ3v) is 5.51. The summed E-state index contributed by atoms with van der Waals surface area (Å²) in [5, 5.41) is 3.94. The molecule has 2 aliphatic rings. The summed E-state index contributed by atoms with van der Waals surface area (Å²) in [6, 6.07) is 5.69. The lowest BCUT2D eigenvalue weighted by Gasteiger charge is -2.48. The van der Waals surface area contributed by atoms with E-state index in [-0.39, 0.29) is 10.8 Å². The monoisotopic (exact) mass is 310 g/mol. The first-order chi connectivity index (χ1) is 10.1. The third-order valence-electron chi connectivity index (χ3n) is 5.22. The van der Waals surface area contributed by atoms with Crippen molar-refractivity contribution >= 4 is 11.6 Å². The number of piperazine rings is 1. The SMILES string of the molecule is CCC1CN(Cc2ccc(F)c(Cl)c2)C2(CCCC2)CN1. The lowest BCUT2D eigenvalue weighted by atomic mass is 9.90. The summed E-state index contributed by atoms with van der Waals surface area (Å²) in [4.78, 5) is 2.62. The van der Waals surface area contributed by atoms with Gasteiger partial charge in [0.05, 0.1) is 5.02 Å². The molecule has 116 valence electrons. The predicted octanol–water partition coefficient (Wildman–Crippen LogP) is 3.98. The maximum absolute atomic E-state index is 13.3. The van der Waals surface area contributed by atoms with Crippen LogP contribution in [0, 0.1) is 5.82 Å². The Balaban J connectivity index is 1.80. The lowest BCUT2D eigenvalue weighted by molar-refractivity contribution is 0.0349. The molecule has 1 atom stereocenters. The summed E-state index contributed by atoms with van der Waals surface area (Å²) < 4.78 is 13.3. The van der Waals surface area contributed by atoms with E-state index in [4.69, 9.17) is 11.6 Å². The standard InChI is InChI=1S/C17H24ClFN2/c1-2-14-11-21(17(12-20-14)7-3-4-8-17)10-13-5-6-16(19)15(18)9-13/h5-6,9,14,20H,2-4,7-8,10-12H2,1H3. The van der Waals surface area contributed by atoms with Crippen LogP contribution in [0.15, 0.2) is 18.2 Å². The molecule has 1 saturated heterocycles. The largest absolute Gasteiger partial charge is 0.311 e. The second-order valence-electron chi connectivity index (χ2n) is 6.55. The van der Waals surface area contributed by atoms with Crippen LogP contribution < -0.4 is 5.32 Å². The summed E-state index contributed by atoms with van der Waals surface area (Å²) in [5.74, 6) is -0.331. The molecule has 1 aromatic carbocycles. The topological polar surface area (TPSA) is 15.3 Å². The van der Waals surface area contributed by atoms with Crippen molar-refractivity contribution in [2.45, 2.75) is 57.2 Å². The van der Waals surface area contributed by atoms with Crippen LogP contribution in [0.3, 0.4) is 0 Å². The molecule has 1 heterocycles. The highest BCUT2D eigenvalue weighted by atomic mass is 35.5. The van der Waals surface area contributed by atoms with Crippen LogP contribution in [0.2, 0.25) is 5.02 Å². The number of hydrogen-bond donors (Lipinski definition) is 1. The van der Waals surface area contributed by atoms with E-state index in [9.17, 15) is 4.39 Å². The molecule has 0 bridgehead atoms. The molecule has 1 aliphatic heterocycles. The van der Waals surface area contributed by atoms with Gasteiger partial charge in [-0.25, -0.2) is 4.39 Å². The zero-order valence-corrected chi connectivity index (χ0v) is 13.4. The van der Waals surface area contributed by atoms with Crippen LogP contribution in [0.4, 0.5) is 4.39 Å². The molecule has 0 aromatic heterocycles. The summed E-state index contributed by atoms with van der Waals surface area (Å²) in [6.45, 7) is 5.27. The molecule has 3 rings (SSSR count). The van der Waals surface area contributed by atoms with Crippen molar-refractivity contribution in [3.8, 4) is 0 Å². The van der Waals surface area contributed by atoms with Gasteiger partial charge in [-0.15, -0.1) is 0 Å². The van der Waals surface area contributed by atoms with E-state index in [0.717, 1.165) is 31.6 Å². The Hall–Kier alpha value is -0.640. The molecule has 1 unspecified atom stereocenters. The summed E-state index contributed by atoms with van der Waals surface area (Å²) in [5.41, 5.74) is 1.41. The molecular formula is C17H24ClFN2. The quantitative estimate of drug-likeness (QED) is 0.908. The predicted molar refractivity (Wildman–Crippen MR) is 85.1 cm³/mol. The highest BCUT2D eigenvalue weighted by Gasteiger charge is 2.42. The molecule has 1 aliphatic carbocycles. The Morgan fingerprint density at radius 2 is 2.14 bits per heavy atom. The van der Waals surface area contributed by atoms with E-state index in [1.807, 2.05) is 6.07 Å². The fraction of sp³-hybridized carbons (Fsp3) is 0.647. The molecule has 0 amide bonds. The Bertz CT molecular complexity index is 500. The lowest BCUT2D eigenvalue weighted by Crippen LogP contribution is -2.62. The van der Waals surface area contributed by atoms with Gasteiger partial charge in [0, 0.05) is 31.2 Å². The molecule has 0 radical (unpaired) electrons. The smallest absolute Gasteiger partial charge is 0.141 e. The van der Waals surface area contributed by atoms with E-state index in [0.29, 0.717) is 11.6 Å². The number of benzene rings is 1. The number of nitrogens with one attached hydrogen (secondary N) is 1. The average molecular weight is 311 g/mol. The van der Waals surface area contributed by atoms with Gasteiger partial charge in [-0.05, 0) is 37.0 Å². The van der Waals surface area contributed by atoms with Crippen LogP contribution in [-0.4, -0.2) is 29.6 Å². The van der Waals surface area contributed by atoms with Gasteiger partial charge in [0.2, 0.25) is 0 Å². The van der Waals surface area contributed by atoms with Gasteiger partial charge in [-0.2, -0.15) is 0 Å². The van der Waals surface area contributed by atoms with Crippen molar-refractivity contribution < 1.29 is 4.39 Å². The first kappa shape index (κ1) is 15.3. The number of nitrogens with zero attached hydrogens (tertiary/aromatic N) is 1.